The van der Waals surface area contributed by atoms with Crippen molar-refractivity contribution in [3.63, 3.8) is 0 Å². The molecule has 0 rings (SSSR count). The number of Topliss-reactive ketones (excluding diaryl/α,β-unsaturated/α-hetero) is 1. The molecule has 0 fully saturated rings. The first-order valence-corrected chi connectivity index (χ1v) is 3.26. The molecule has 0 heterocycles. The third-order valence-electron chi connectivity index (χ3n) is 1.44. The van der Waals surface area contributed by atoms with Gasteiger partial charge in [0.15, 0.2) is 11.4 Å². The molecule has 0 spiro atoms. The summed E-state index contributed by atoms with van der Waals surface area (Å²) in [6.07, 6.45) is 1.32. The van der Waals surface area contributed by atoms with Crippen LogP contribution in [0.15, 0.2) is 12.7 Å². The van der Waals surface area contributed by atoms with E-state index in [2.05, 4.69) is 6.58 Å². The van der Waals surface area contributed by atoms with E-state index in [1.807, 2.05) is 0 Å². The Morgan fingerprint density at radius 3 is 2.00 bits per heavy atom. The highest BCUT2D eigenvalue weighted by molar-refractivity contribution is 5.88. The van der Waals surface area contributed by atoms with Gasteiger partial charge in [0.1, 0.15) is 0 Å². The highest BCUT2D eigenvalue weighted by Gasteiger charge is 2.28. The molecule has 0 N–H and O–H groups in total. The van der Waals surface area contributed by atoms with Gasteiger partial charge < -0.3 is 4.74 Å². The number of hydrogen-bond donors (Lipinski definition) is 0. The zero-order valence-corrected chi connectivity index (χ0v) is 7.01. The van der Waals surface area contributed by atoms with Crippen molar-refractivity contribution < 1.29 is 14.3 Å². The normalized spacial score (nSPS) is 14.8. The van der Waals surface area contributed by atoms with Gasteiger partial charge in [0, 0.05) is 6.92 Å². The van der Waals surface area contributed by atoms with Gasteiger partial charge in [-0.3, -0.25) is 9.59 Å². The van der Waals surface area contributed by atoms with E-state index in [0.29, 0.717) is 0 Å². The van der Waals surface area contributed by atoms with Crippen LogP contribution in [0.1, 0.15) is 20.8 Å². The van der Waals surface area contributed by atoms with Gasteiger partial charge in [0.05, 0.1) is 0 Å². The van der Waals surface area contributed by atoms with E-state index < -0.39 is 11.6 Å². The van der Waals surface area contributed by atoms with Crippen LogP contribution in [-0.4, -0.2) is 17.4 Å². The molecular formula is C8H12O3. The lowest BCUT2D eigenvalue weighted by Crippen LogP contribution is -2.35. The number of ketones is 1. The zero-order chi connectivity index (χ0) is 9.07. The average Bonchev–Trinajstić information content (AvgIpc) is 1.86. The first kappa shape index (κ1) is 9.88. The fraction of sp³-hybridized carbons (Fsp3) is 0.500. The lowest BCUT2D eigenvalue weighted by molar-refractivity contribution is -0.157. The van der Waals surface area contributed by atoms with Crippen molar-refractivity contribution in [3.05, 3.63) is 12.7 Å². The predicted molar refractivity (Wildman–Crippen MR) is 41.0 cm³/mol. The van der Waals surface area contributed by atoms with Crippen molar-refractivity contribution in [2.75, 3.05) is 0 Å². The summed E-state index contributed by atoms with van der Waals surface area (Å²) in [4.78, 5) is 21.4. The van der Waals surface area contributed by atoms with Crippen molar-refractivity contribution in [2.24, 2.45) is 0 Å². The Morgan fingerprint density at radius 1 is 1.45 bits per heavy atom. The Bertz CT molecular complexity index is 196. The maximum absolute atomic E-state index is 10.9. The van der Waals surface area contributed by atoms with E-state index in [4.69, 9.17) is 4.74 Å². The summed E-state index contributed by atoms with van der Waals surface area (Å²) >= 11 is 0. The molecule has 0 aliphatic heterocycles. The van der Waals surface area contributed by atoms with E-state index in [1.54, 1.807) is 0 Å². The second-order valence-corrected chi connectivity index (χ2v) is 2.46. The Morgan fingerprint density at radius 2 is 1.91 bits per heavy atom. The molecule has 0 aromatic rings. The minimum atomic E-state index is -1.16. The quantitative estimate of drug-likeness (QED) is 0.453. The van der Waals surface area contributed by atoms with Gasteiger partial charge in [-0.15, -0.1) is 0 Å². The number of carbonyl (C=O) groups excluding carboxylic acids is 2. The maximum atomic E-state index is 10.9. The van der Waals surface area contributed by atoms with Crippen LogP contribution in [0.25, 0.3) is 0 Å². The molecule has 3 heteroatoms. The predicted octanol–water partition coefficient (Wildman–Crippen LogP) is 1.08. The maximum Gasteiger partial charge on any atom is 0.303 e. The van der Waals surface area contributed by atoms with Gasteiger partial charge in [-0.25, -0.2) is 0 Å². The first-order valence-electron chi connectivity index (χ1n) is 3.26. The smallest absolute Gasteiger partial charge is 0.303 e. The number of rotatable bonds is 3. The largest absolute Gasteiger partial charge is 0.447 e. The lowest BCUT2D eigenvalue weighted by Gasteiger charge is -2.21. The van der Waals surface area contributed by atoms with E-state index in [0.717, 1.165) is 0 Å². The number of ether oxygens (including phenoxy) is 1. The summed E-state index contributed by atoms with van der Waals surface area (Å²) < 4.78 is 4.74. The summed E-state index contributed by atoms with van der Waals surface area (Å²) in [7, 11) is 0. The number of esters is 1. The van der Waals surface area contributed by atoms with Gasteiger partial charge in [-0.2, -0.15) is 0 Å². The molecule has 0 radical (unpaired) electrons. The van der Waals surface area contributed by atoms with Crippen LogP contribution in [0.2, 0.25) is 0 Å². The fourth-order valence-corrected chi connectivity index (χ4v) is 0.556. The Kier molecular flexibility index (Phi) is 2.99. The molecular weight excluding hydrogens is 144 g/mol. The lowest BCUT2D eigenvalue weighted by atomic mass is 10.0. The van der Waals surface area contributed by atoms with Crippen LogP contribution < -0.4 is 0 Å². The second kappa shape index (κ2) is 3.32. The third-order valence-corrected chi connectivity index (χ3v) is 1.44. The van der Waals surface area contributed by atoms with Crippen molar-refractivity contribution in [1.29, 1.82) is 0 Å². The van der Waals surface area contributed by atoms with Gasteiger partial charge in [-0.05, 0) is 19.9 Å². The fourth-order valence-electron chi connectivity index (χ4n) is 0.556. The molecule has 0 saturated carbocycles. The molecule has 0 amide bonds. The molecule has 1 unspecified atom stereocenters. The van der Waals surface area contributed by atoms with Gasteiger partial charge in [0.2, 0.25) is 0 Å². The molecule has 0 aliphatic rings. The molecule has 0 bridgehead atoms. The Balaban J connectivity index is 4.47. The van der Waals surface area contributed by atoms with Gasteiger partial charge >= 0.3 is 5.97 Å². The standard InChI is InChI=1S/C8H12O3/c1-5-8(4,6(2)9)11-7(3)10/h5H,1H2,2-4H3. The summed E-state index contributed by atoms with van der Waals surface area (Å²) in [5, 5.41) is 0. The third kappa shape index (κ3) is 2.53. The summed E-state index contributed by atoms with van der Waals surface area (Å²) in [5.41, 5.74) is -1.16. The van der Waals surface area contributed by atoms with Crippen molar-refractivity contribution in [3.8, 4) is 0 Å². The molecule has 1 atom stereocenters. The molecule has 0 aliphatic carbocycles. The van der Waals surface area contributed by atoms with E-state index in [-0.39, 0.29) is 5.78 Å². The van der Waals surface area contributed by atoms with Crippen molar-refractivity contribution in [1.82, 2.24) is 0 Å². The highest BCUT2D eigenvalue weighted by atomic mass is 16.6. The number of carbonyl (C=O) groups is 2. The SMILES string of the molecule is C=CC(C)(OC(C)=O)C(C)=O. The van der Waals surface area contributed by atoms with Crippen molar-refractivity contribution >= 4 is 11.8 Å². The van der Waals surface area contributed by atoms with E-state index in [1.165, 1.54) is 26.8 Å². The van der Waals surface area contributed by atoms with Crippen molar-refractivity contribution in [2.45, 2.75) is 26.4 Å². The van der Waals surface area contributed by atoms with Crippen LogP contribution in [0.4, 0.5) is 0 Å². The minimum absolute atomic E-state index is 0.234. The average molecular weight is 156 g/mol. The first-order chi connectivity index (χ1) is 4.92. The monoisotopic (exact) mass is 156 g/mol. The molecule has 0 aromatic carbocycles. The van der Waals surface area contributed by atoms with Gasteiger partial charge in [-0.1, -0.05) is 6.58 Å². The Hall–Kier alpha value is -1.12. The molecule has 0 saturated heterocycles. The van der Waals surface area contributed by atoms with Crippen LogP contribution in [0.3, 0.4) is 0 Å². The van der Waals surface area contributed by atoms with E-state index in [9.17, 15) is 9.59 Å². The van der Waals surface area contributed by atoms with Crippen LogP contribution in [0.5, 0.6) is 0 Å². The summed E-state index contributed by atoms with van der Waals surface area (Å²) in [6, 6.07) is 0. The van der Waals surface area contributed by atoms with Crippen LogP contribution >= 0.6 is 0 Å². The highest BCUT2D eigenvalue weighted by Crippen LogP contribution is 2.12. The topological polar surface area (TPSA) is 43.4 Å². The number of hydrogen-bond acceptors (Lipinski definition) is 3. The molecule has 62 valence electrons. The molecule has 3 nitrogen and oxygen atoms in total. The second-order valence-electron chi connectivity index (χ2n) is 2.46. The Labute approximate surface area is 66.0 Å². The molecule has 11 heavy (non-hydrogen) atoms. The zero-order valence-electron chi connectivity index (χ0n) is 7.01. The van der Waals surface area contributed by atoms with Crippen LogP contribution in [-0.2, 0) is 14.3 Å². The van der Waals surface area contributed by atoms with E-state index >= 15 is 0 Å². The summed E-state index contributed by atoms with van der Waals surface area (Å²) in [6.45, 7) is 7.52. The van der Waals surface area contributed by atoms with Crippen LogP contribution in [0, 0.1) is 0 Å². The van der Waals surface area contributed by atoms with Gasteiger partial charge in [0.25, 0.3) is 0 Å². The minimum Gasteiger partial charge on any atom is -0.447 e. The summed E-state index contributed by atoms with van der Waals surface area (Å²) in [5.74, 6) is -0.717. The molecule has 0 aromatic heterocycles.